The molecule has 0 bridgehead atoms. The number of hydrogen-bond donors (Lipinski definition) is 1. The van der Waals surface area contributed by atoms with E-state index < -0.39 is 10.0 Å². The highest BCUT2D eigenvalue weighted by atomic mass is 32.2. The monoisotopic (exact) mass is 234 g/mol. The number of hydrogen-bond acceptors (Lipinski definition) is 3. The highest BCUT2D eigenvalue weighted by Crippen LogP contribution is 2.19. The maximum atomic E-state index is 11.5. The summed E-state index contributed by atoms with van der Waals surface area (Å²) in [6.45, 7) is 3.33. The van der Waals surface area contributed by atoms with E-state index in [-0.39, 0.29) is 17.6 Å². The molecule has 1 saturated heterocycles. The van der Waals surface area contributed by atoms with Crippen LogP contribution in [-0.4, -0.2) is 38.1 Å². The molecule has 0 aromatic rings. The molecule has 0 spiro atoms. The molecule has 5 nitrogen and oxygen atoms in total. The van der Waals surface area contributed by atoms with Crippen LogP contribution in [0.3, 0.4) is 0 Å². The van der Waals surface area contributed by atoms with Crippen LogP contribution in [-0.2, 0) is 14.8 Å². The van der Waals surface area contributed by atoms with Gasteiger partial charge in [0.25, 0.3) is 0 Å². The number of carbonyl (C=O) groups is 1. The summed E-state index contributed by atoms with van der Waals surface area (Å²) >= 11 is 0. The summed E-state index contributed by atoms with van der Waals surface area (Å²) in [5, 5.41) is 4.95. The van der Waals surface area contributed by atoms with Crippen molar-refractivity contribution in [2.75, 3.05) is 18.8 Å². The molecular formula is C9H18N2O3S. The van der Waals surface area contributed by atoms with Gasteiger partial charge in [0, 0.05) is 25.4 Å². The Labute approximate surface area is 90.7 Å². The molecule has 6 heteroatoms. The second-order valence-electron chi connectivity index (χ2n) is 4.09. The molecule has 1 fully saturated rings. The lowest BCUT2D eigenvalue weighted by atomic mass is 10.1. The van der Waals surface area contributed by atoms with Crippen molar-refractivity contribution in [2.24, 2.45) is 11.1 Å². The van der Waals surface area contributed by atoms with E-state index in [2.05, 4.69) is 6.92 Å². The molecule has 1 unspecified atom stereocenters. The first kappa shape index (κ1) is 12.4. The molecule has 1 heterocycles. The second-order valence-corrected chi connectivity index (χ2v) is 5.75. The van der Waals surface area contributed by atoms with Crippen LogP contribution in [0.1, 0.15) is 26.2 Å². The van der Waals surface area contributed by atoms with E-state index in [1.54, 1.807) is 4.90 Å². The molecule has 0 aromatic carbocycles. The Kier molecular flexibility index (Phi) is 4.10. The number of rotatable bonds is 5. The van der Waals surface area contributed by atoms with E-state index in [9.17, 15) is 13.2 Å². The quantitative estimate of drug-likeness (QED) is 0.722. The summed E-state index contributed by atoms with van der Waals surface area (Å²) in [7, 11) is -3.45. The molecular weight excluding hydrogens is 216 g/mol. The van der Waals surface area contributed by atoms with E-state index in [1.165, 1.54) is 0 Å². The van der Waals surface area contributed by atoms with E-state index in [0.29, 0.717) is 13.0 Å². The molecule has 2 N–H and O–H groups in total. The van der Waals surface area contributed by atoms with Crippen molar-refractivity contribution < 1.29 is 13.2 Å². The van der Waals surface area contributed by atoms with Gasteiger partial charge >= 0.3 is 0 Å². The Bertz CT molecular complexity index is 326. The molecule has 1 rings (SSSR count). The van der Waals surface area contributed by atoms with Crippen molar-refractivity contribution in [3.63, 3.8) is 0 Å². The number of amides is 1. The van der Waals surface area contributed by atoms with Crippen LogP contribution in [0.25, 0.3) is 0 Å². The van der Waals surface area contributed by atoms with E-state index in [0.717, 1.165) is 19.4 Å². The van der Waals surface area contributed by atoms with Crippen molar-refractivity contribution in [1.82, 2.24) is 4.90 Å². The largest absolute Gasteiger partial charge is 0.342 e. The third kappa shape index (κ3) is 4.17. The first-order valence-electron chi connectivity index (χ1n) is 5.20. The first-order chi connectivity index (χ1) is 6.92. The maximum Gasteiger partial charge on any atom is 0.222 e. The summed E-state index contributed by atoms with van der Waals surface area (Å²) in [6.07, 6.45) is 2.32. The molecule has 0 aliphatic carbocycles. The van der Waals surface area contributed by atoms with Crippen LogP contribution in [0, 0.1) is 5.92 Å². The first-order valence-corrected chi connectivity index (χ1v) is 6.92. The SMILES string of the molecule is CCCCN1CC(CS(N)(=O)=O)CC1=O. The van der Waals surface area contributed by atoms with Crippen molar-refractivity contribution in [3.8, 4) is 0 Å². The molecule has 1 aliphatic heterocycles. The minimum absolute atomic E-state index is 0.0529. The topological polar surface area (TPSA) is 80.5 Å². The van der Waals surface area contributed by atoms with Gasteiger partial charge in [-0.15, -0.1) is 0 Å². The number of nitrogens with two attached hydrogens (primary N) is 1. The van der Waals surface area contributed by atoms with Crippen LogP contribution in [0.2, 0.25) is 0 Å². The lowest BCUT2D eigenvalue weighted by molar-refractivity contribution is -0.127. The Hall–Kier alpha value is -0.620. The smallest absolute Gasteiger partial charge is 0.222 e. The van der Waals surface area contributed by atoms with E-state index >= 15 is 0 Å². The summed E-state index contributed by atoms with van der Waals surface area (Å²) < 4.78 is 21.7. The zero-order valence-corrected chi connectivity index (χ0v) is 9.79. The third-order valence-electron chi connectivity index (χ3n) is 2.54. The number of carbonyl (C=O) groups excluding carboxylic acids is 1. The van der Waals surface area contributed by atoms with E-state index in [1.807, 2.05) is 0 Å². The summed E-state index contributed by atoms with van der Waals surface area (Å²) in [4.78, 5) is 13.2. The Morgan fingerprint density at radius 3 is 2.73 bits per heavy atom. The van der Waals surface area contributed by atoms with Gasteiger partial charge in [-0.1, -0.05) is 13.3 Å². The van der Waals surface area contributed by atoms with Gasteiger partial charge in [-0.25, -0.2) is 13.6 Å². The molecule has 1 amide bonds. The van der Waals surface area contributed by atoms with Gasteiger partial charge in [0.1, 0.15) is 0 Å². The second kappa shape index (κ2) is 4.94. The fourth-order valence-corrected chi connectivity index (χ4v) is 2.74. The van der Waals surface area contributed by atoms with Crippen molar-refractivity contribution in [1.29, 1.82) is 0 Å². The Morgan fingerprint density at radius 1 is 1.53 bits per heavy atom. The molecule has 0 saturated carbocycles. The van der Waals surface area contributed by atoms with Gasteiger partial charge < -0.3 is 4.90 Å². The predicted molar refractivity (Wildman–Crippen MR) is 57.6 cm³/mol. The van der Waals surface area contributed by atoms with Gasteiger partial charge in [-0.3, -0.25) is 4.79 Å². The number of unbranched alkanes of at least 4 members (excludes halogenated alkanes) is 1. The van der Waals surface area contributed by atoms with Crippen molar-refractivity contribution in [3.05, 3.63) is 0 Å². The van der Waals surface area contributed by atoms with Crippen molar-refractivity contribution in [2.45, 2.75) is 26.2 Å². The van der Waals surface area contributed by atoms with E-state index in [4.69, 9.17) is 5.14 Å². The van der Waals surface area contributed by atoms with Gasteiger partial charge in [-0.2, -0.15) is 0 Å². The highest BCUT2D eigenvalue weighted by molar-refractivity contribution is 7.89. The zero-order chi connectivity index (χ0) is 11.5. The van der Waals surface area contributed by atoms with Crippen LogP contribution in [0.4, 0.5) is 0 Å². The lowest BCUT2D eigenvalue weighted by Crippen LogP contribution is -2.28. The minimum atomic E-state index is -3.45. The number of sulfonamides is 1. The van der Waals surface area contributed by atoms with Crippen LogP contribution < -0.4 is 5.14 Å². The predicted octanol–water partition coefficient (Wildman–Crippen LogP) is -0.0765. The lowest BCUT2D eigenvalue weighted by Gasteiger charge is -2.15. The van der Waals surface area contributed by atoms with Gasteiger partial charge in [0.15, 0.2) is 0 Å². The molecule has 88 valence electrons. The average Bonchev–Trinajstić information content (AvgIpc) is 2.39. The zero-order valence-electron chi connectivity index (χ0n) is 8.98. The average molecular weight is 234 g/mol. The fraction of sp³-hybridized carbons (Fsp3) is 0.889. The number of primary sulfonamides is 1. The van der Waals surface area contributed by atoms with Gasteiger partial charge in [0.2, 0.25) is 15.9 Å². The Morgan fingerprint density at radius 2 is 2.20 bits per heavy atom. The molecule has 1 aliphatic rings. The number of nitrogens with zero attached hydrogens (tertiary/aromatic N) is 1. The minimum Gasteiger partial charge on any atom is -0.342 e. The normalized spacial score (nSPS) is 22.4. The van der Waals surface area contributed by atoms with Crippen molar-refractivity contribution >= 4 is 15.9 Å². The van der Waals surface area contributed by atoms with Crippen LogP contribution in [0.15, 0.2) is 0 Å². The van der Waals surface area contributed by atoms with Crippen LogP contribution in [0.5, 0.6) is 0 Å². The molecule has 0 radical (unpaired) electrons. The van der Waals surface area contributed by atoms with Gasteiger partial charge in [-0.05, 0) is 6.42 Å². The summed E-state index contributed by atoms with van der Waals surface area (Å²) in [6, 6.07) is 0. The third-order valence-corrected chi connectivity index (χ3v) is 3.48. The fourth-order valence-electron chi connectivity index (χ4n) is 1.86. The number of likely N-dealkylation sites (tertiary alicyclic amines) is 1. The standard InChI is InChI=1S/C9H18N2O3S/c1-2-3-4-11-6-8(5-9(11)12)7-15(10,13)14/h8H,2-7H2,1H3,(H2,10,13,14). The van der Waals surface area contributed by atoms with Gasteiger partial charge in [0.05, 0.1) is 5.75 Å². The van der Waals surface area contributed by atoms with Crippen LogP contribution >= 0.6 is 0 Å². The Balaban J connectivity index is 2.45. The maximum absolute atomic E-state index is 11.5. The molecule has 0 aromatic heterocycles. The summed E-state index contributed by atoms with van der Waals surface area (Å²) in [5.74, 6) is -0.150. The summed E-state index contributed by atoms with van der Waals surface area (Å²) in [5.41, 5.74) is 0. The molecule has 1 atom stereocenters. The highest BCUT2D eigenvalue weighted by Gasteiger charge is 2.31. The molecule has 15 heavy (non-hydrogen) atoms.